The first-order valence-corrected chi connectivity index (χ1v) is 8.31. The average molecular weight is 378 g/mol. The number of amides is 1. The maximum atomic E-state index is 11.6. The molecule has 0 aliphatic heterocycles. The minimum Gasteiger partial charge on any atom is -0.493 e. The van der Waals surface area contributed by atoms with Crippen molar-refractivity contribution in [3.63, 3.8) is 0 Å². The maximum Gasteiger partial charge on any atom is 0.230 e. The fourth-order valence-electron chi connectivity index (χ4n) is 1.60. The lowest BCUT2D eigenvalue weighted by Gasteiger charge is -2.11. The highest BCUT2D eigenvalue weighted by atomic mass is 79.9. The van der Waals surface area contributed by atoms with E-state index in [9.17, 15) is 4.79 Å². The summed E-state index contributed by atoms with van der Waals surface area (Å²) in [4.78, 5) is 11.6. The van der Waals surface area contributed by atoms with Gasteiger partial charge in [0.15, 0.2) is 11.5 Å². The topological polar surface area (TPSA) is 56.8 Å². The molecule has 1 N–H and O–H groups in total. The number of thioether (sulfide) groups is 1. The second-order valence-corrected chi connectivity index (χ2v) is 5.97. The fraction of sp³-hybridized carbons (Fsp3) is 0.500. The standard InChI is InChI=1S/C14H20BrNO4S/c1-18-5-4-16-14(17)9-21-8-10-6-12(19-2)13(20-3)7-11(10)15/h6-7H,4-5,8-9H2,1-3H3,(H,16,17). The predicted octanol–water partition coefficient (Wildman–Crippen LogP) is 2.46. The van der Waals surface area contributed by atoms with E-state index in [0.717, 1.165) is 10.0 Å². The Morgan fingerprint density at radius 2 is 1.90 bits per heavy atom. The van der Waals surface area contributed by atoms with E-state index in [1.165, 1.54) is 0 Å². The van der Waals surface area contributed by atoms with E-state index in [4.69, 9.17) is 14.2 Å². The summed E-state index contributed by atoms with van der Waals surface area (Å²) in [5.74, 6) is 2.48. The molecule has 0 radical (unpaired) electrons. The van der Waals surface area contributed by atoms with Crippen LogP contribution in [0.5, 0.6) is 11.5 Å². The molecule has 1 aromatic carbocycles. The van der Waals surface area contributed by atoms with Gasteiger partial charge in [-0.3, -0.25) is 4.79 Å². The van der Waals surface area contributed by atoms with Gasteiger partial charge < -0.3 is 19.5 Å². The van der Waals surface area contributed by atoms with Crippen LogP contribution in [0.3, 0.4) is 0 Å². The summed E-state index contributed by atoms with van der Waals surface area (Å²) in [6.45, 7) is 1.06. The minimum atomic E-state index is 0.00801. The number of nitrogens with one attached hydrogen (secondary N) is 1. The van der Waals surface area contributed by atoms with Crippen molar-refractivity contribution in [1.29, 1.82) is 0 Å². The van der Waals surface area contributed by atoms with Gasteiger partial charge in [-0.2, -0.15) is 0 Å². The summed E-state index contributed by atoms with van der Waals surface area (Å²) < 4.78 is 16.3. The highest BCUT2D eigenvalue weighted by Gasteiger charge is 2.10. The van der Waals surface area contributed by atoms with Crippen LogP contribution < -0.4 is 14.8 Å². The maximum absolute atomic E-state index is 11.6. The number of hydrogen-bond donors (Lipinski definition) is 1. The highest BCUT2D eigenvalue weighted by molar-refractivity contribution is 9.10. The molecule has 1 aromatic rings. The van der Waals surface area contributed by atoms with Gasteiger partial charge in [0, 0.05) is 23.9 Å². The second kappa shape index (κ2) is 9.92. The van der Waals surface area contributed by atoms with E-state index >= 15 is 0 Å². The van der Waals surface area contributed by atoms with Crippen LogP contribution in [0.2, 0.25) is 0 Å². The Kier molecular flexibility index (Phi) is 8.56. The molecule has 5 nitrogen and oxygen atoms in total. The van der Waals surface area contributed by atoms with Crippen LogP contribution in [-0.4, -0.2) is 46.1 Å². The lowest BCUT2D eigenvalue weighted by atomic mass is 10.2. The first kappa shape index (κ1) is 18.1. The molecule has 0 aliphatic carbocycles. The zero-order chi connectivity index (χ0) is 15.7. The van der Waals surface area contributed by atoms with Gasteiger partial charge >= 0.3 is 0 Å². The van der Waals surface area contributed by atoms with Crippen molar-refractivity contribution in [1.82, 2.24) is 5.32 Å². The Morgan fingerprint density at radius 1 is 1.24 bits per heavy atom. The number of benzene rings is 1. The number of rotatable bonds is 9. The molecule has 1 amide bonds. The second-order valence-electron chi connectivity index (χ2n) is 4.13. The summed E-state index contributed by atoms with van der Waals surface area (Å²) in [5.41, 5.74) is 1.06. The summed E-state index contributed by atoms with van der Waals surface area (Å²) in [5, 5.41) is 2.78. The molecule has 0 unspecified atom stereocenters. The quantitative estimate of drug-likeness (QED) is 0.669. The largest absolute Gasteiger partial charge is 0.493 e. The Bertz CT molecular complexity index is 471. The Balaban J connectivity index is 2.50. The minimum absolute atomic E-state index is 0.00801. The van der Waals surface area contributed by atoms with Gasteiger partial charge in [0.25, 0.3) is 0 Å². The van der Waals surface area contributed by atoms with Gasteiger partial charge in [-0.05, 0) is 17.7 Å². The Morgan fingerprint density at radius 3 is 2.52 bits per heavy atom. The summed E-state index contributed by atoms with van der Waals surface area (Å²) in [6.07, 6.45) is 0. The summed E-state index contributed by atoms with van der Waals surface area (Å²) in [6, 6.07) is 3.78. The van der Waals surface area contributed by atoms with E-state index < -0.39 is 0 Å². The number of hydrogen-bond acceptors (Lipinski definition) is 5. The van der Waals surface area contributed by atoms with Crippen molar-refractivity contribution >= 4 is 33.6 Å². The molecule has 21 heavy (non-hydrogen) atoms. The van der Waals surface area contributed by atoms with Gasteiger partial charge in [-0.1, -0.05) is 15.9 Å². The zero-order valence-electron chi connectivity index (χ0n) is 12.4. The monoisotopic (exact) mass is 377 g/mol. The number of carbonyl (C=O) groups is 1. The molecule has 1 rings (SSSR count). The van der Waals surface area contributed by atoms with Crippen LogP contribution in [-0.2, 0) is 15.3 Å². The van der Waals surface area contributed by atoms with Crippen molar-refractivity contribution in [3.05, 3.63) is 22.2 Å². The molecule has 0 atom stereocenters. The van der Waals surface area contributed by atoms with Crippen LogP contribution in [0.4, 0.5) is 0 Å². The summed E-state index contributed by atoms with van der Waals surface area (Å²) in [7, 11) is 4.81. The third-order valence-corrected chi connectivity index (χ3v) is 4.39. The van der Waals surface area contributed by atoms with Crippen LogP contribution in [0.15, 0.2) is 16.6 Å². The lowest BCUT2D eigenvalue weighted by Crippen LogP contribution is -2.28. The van der Waals surface area contributed by atoms with Gasteiger partial charge in [0.05, 0.1) is 26.6 Å². The van der Waals surface area contributed by atoms with E-state index in [-0.39, 0.29) is 5.91 Å². The number of methoxy groups -OCH3 is 3. The van der Waals surface area contributed by atoms with Gasteiger partial charge in [0.1, 0.15) is 0 Å². The molecule has 118 valence electrons. The molecule has 0 aromatic heterocycles. The predicted molar refractivity (Wildman–Crippen MR) is 88.3 cm³/mol. The highest BCUT2D eigenvalue weighted by Crippen LogP contribution is 2.34. The average Bonchev–Trinajstić information content (AvgIpc) is 2.48. The first-order valence-electron chi connectivity index (χ1n) is 6.36. The molecule has 0 saturated heterocycles. The van der Waals surface area contributed by atoms with E-state index in [1.54, 1.807) is 33.1 Å². The molecule has 0 bridgehead atoms. The van der Waals surface area contributed by atoms with Crippen molar-refractivity contribution < 1.29 is 19.0 Å². The normalized spacial score (nSPS) is 10.3. The van der Waals surface area contributed by atoms with Gasteiger partial charge in [0.2, 0.25) is 5.91 Å². The van der Waals surface area contributed by atoms with E-state index in [2.05, 4.69) is 21.2 Å². The Labute approximate surface area is 137 Å². The third-order valence-electron chi connectivity index (χ3n) is 2.67. The number of carbonyl (C=O) groups excluding carboxylic acids is 1. The van der Waals surface area contributed by atoms with E-state index in [0.29, 0.717) is 36.2 Å². The zero-order valence-corrected chi connectivity index (χ0v) is 14.8. The van der Waals surface area contributed by atoms with Gasteiger partial charge in [-0.15, -0.1) is 11.8 Å². The van der Waals surface area contributed by atoms with Crippen molar-refractivity contribution in [2.24, 2.45) is 0 Å². The molecule has 0 aliphatic rings. The molecular formula is C14H20BrNO4S. The summed E-state index contributed by atoms with van der Waals surface area (Å²) >= 11 is 5.04. The number of ether oxygens (including phenoxy) is 3. The molecule has 0 saturated carbocycles. The van der Waals surface area contributed by atoms with Crippen molar-refractivity contribution in [3.8, 4) is 11.5 Å². The first-order chi connectivity index (χ1) is 10.1. The van der Waals surface area contributed by atoms with Crippen molar-refractivity contribution in [2.45, 2.75) is 5.75 Å². The van der Waals surface area contributed by atoms with E-state index in [1.807, 2.05) is 12.1 Å². The van der Waals surface area contributed by atoms with Gasteiger partial charge in [-0.25, -0.2) is 0 Å². The van der Waals surface area contributed by atoms with Crippen LogP contribution in [0, 0.1) is 0 Å². The molecule has 0 fully saturated rings. The fourth-order valence-corrected chi connectivity index (χ4v) is 3.10. The molecule has 0 spiro atoms. The van der Waals surface area contributed by atoms with Crippen LogP contribution in [0.25, 0.3) is 0 Å². The molecular weight excluding hydrogens is 358 g/mol. The lowest BCUT2D eigenvalue weighted by molar-refractivity contribution is -0.118. The van der Waals surface area contributed by atoms with Crippen LogP contribution in [0.1, 0.15) is 5.56 Å². The molecule has 0 heterocycles. The molecule has 7 heteroatoms. The number of halogens is 1. The smallest absolute Gasteiger partial charge is 0.230 e. The van der Waals surface area contributed by atoms with Crippen molar-refractivity contribution in [2.75, 3.05) is 40.2 Å². The van der Waals surface area contributed by atoms with Crippen LogP contribution >= 0.6 is 27.7 Å². The third kappa shape index (κ3) is 6.15. The Hall–Kier alpha value is -0.920. The SMILES string of the molecule is COCCNC(=O)CSCc1cc(OC)c(OC)cc1Br.